The fourth-order valence-electron chi connectivity index (χ4n) is 4.76. The zero-order valence-corrected chi connectivity index (χ0v) is 20.5. The zero-order valence-electron chi connectivity index (χ0n) is 19.8. The van der Waals surface area contributed by atoms with Crippen molar-refractivity contribution in [2.45, 2.75) is 51.2 Å². The van der Waals surface area contributed by atoms with E-state index in [0.29, 0.717) is 35.2 Å². The molecule has 180 valence electrons. The molecular formula is C27H30ClNO5. The Balaban J connectivity index is 1.67. The van der Waals surface area contributed by atoms with Gasteiger partial charge in [-0.25, -0.2) is 4.79 Å². The Hall–Kier alpha value is -2.83. The van der Waals surface area contributed by atoms with E-state index in [-0.39, 0.29) is 18.4 Å². The summed E-state index contributed by atoms with van der Waals surface area (Å²) in [6.45, 7) is 4.78. The molecule has 2 aliphatic rings. The van der Waals surface area contributed by atoms with Crippen LogP contribution in [0.1, 0.15) is 56.3 Å². The molecule has 0 aliphatic carbocycles. The number of allylic oxidation sites excluding steroid dienone is 1. The van der Waals surface area contributed by atoms with Gasteiger partial charge in [0.2, 0.25) is 5.91 Å². The summed E-state index contributed by atoms with van der Waals surface area (Å²) < 4.78 is 17.1. The van der Waals surface area contributed by atoms with E-state index >= 15 is 0 Å². The van der Waals surface area contributed by atoms with Crippen LogP contribution in [0.25, 0.3) is 0 Å². The summed E-state index contributed by atoms with van der Waals surface area (Å²) in [7, 11) is 1.59. The Morgan fingerprint density at radius 2 is 1.94 bits per heavy atom. The summed E-state index contributed by atoms with van der Waals surface area (Å²) in [5.41, 5.74) is 2.74. The van der Waals surface area contributed by atoms with E-state index in [2.05, 4.69) is 0 Å². The number of ether oxygens (including phenoxy) is 3. The SMILES string of the molecule is COc1ccccc1[C@@H](C)OC(=O)C1=C(C)N(C[C@@H]2CCCO2)C(=O)C[C@@H]1c1ccc(Cl)cc1. The molecular weight excluding hydrogens is 454 g/mol. The molecule has 7 heteroatoms. The lowest BCUT2D eigenvalue weighted by Gasteiger charge is -2.36. The largest absolute Gasteiger partial charge is 0.496 e. The van der Waals surface area contributed by atoms with Crippen LogP contribution in [0.3, 0.4) is 0 Å². The fraction of sp³-hybridized carbons (Fsp3) is 0.407. The number of hydrogen-bond donors (Lipinski definition) is 0. The Bertz CT molecular complexity index is 1070. The minimum atomic E-state index is -0.529. The van der Waals surface area contributed by atoms with Crippen molar-refractivity contribution in [1.29, 1.82) is 0 Å². The van der Waals surface area contributed by atoms with Crippen molar-refractivity contribution in [2.24, 2.45) is 0 Å². The maximum Gasteiger partial charge on any atom is 0.337 e. The number of para-hydroxylation sites is 1. The van der Waals surface area contributed by atoms with Gasteiger partial charge in [0, 0.05) is 35.2 Å². The van der Waals surface area contributed by atoms with E-state index in [9.17, 15) is 9.59 Å². The molecule has 1 saturated heterocycles. The van der Waals surface area contributed by atoms with E-state index in [1.807, 2.05) is 50.2 Å². The lowest BCUT2D eigenvalue weighted by Crippen LogP contribution is -2.42. The molecule has 6 nitrogen and oxygen atoms in total. The Morgan fingerprint density at radius 3 is 2.62 bits per heavy atom. The van der Waals surface area contributed by atoms with Crippen LogP contribution in [-0.4, -0.2) is 43.1 Å². The molecule has 0 spiro atoms. The van der Waals surface area contributed by atoms with Crippen molar-refractivity contribution in [3.63, 3.8) is 0 Å². The minimum Gasteiger partial charge on any atom is -0.496 e. The standard InChI is InChI=1S/C27H30ClNO5/c1-17-26(27(31)34-18(2)22-8-4-5-9-24(22)32-3)23(19-10-12-20(28)13-11-19)15-25(30)29(17)16-21-7-6-14-33-21/h4-5,8-13,18,21,23H,6-7,14-16H2,1-3H3/t18-,21+,23-/m1/s1. The number of amides is 1. The predicted molar refractivity (Wildman–Crippen MR) is 130 cm³/mol. The van der Waals surface area contributed by atoms with E-state index in [1.165, 1.54) is 0 Å². The monoisotopic (exact) mass is 483 g/mol. The molecule has 2 heterocycles. The van der Waals surface area contributed by atoms with Crippen LogP contribution < -0.4 is 4.74 Å². The molecule has 2 aromatic rings. The molecule has 1 amide bonds. The maximum absolute atomic E-state index is 13.6. The lowest BCUT2D eigenvalue weighted by atomic mass is 9.83. The first-order valence-corrected chi connectivity index (χ1v) is 12.0. The van der Waals surface area contributed by atoms with Crippen molar-refractivity contribution in [1.82, 2.24) is 4.90 Å². The number of rotatable bonds is 7. The molecule has 0 aromatic heterocycles. The van der Waals surface area contributed by atoms with Crippen molar-refractivity contribution >= 4 is 23.5 Å². The van der Waals surface area contributed by atoms with Crippen molar-refractivity contribution in [3.05, 3.63) is 76.0 Å². The second-order valence-corrected chi connectivity index (χ2v) is 9.17. The third-order valence-corrected chi connectivity index (χ3v) is 6.84. The first-order chi connectivity index (χ1) is 16.4. The third-order valence-electron chi connectivity index (χ3n) is 6.59. The predicted octanol–water partition coefficient (Wildman–Crippen LogP) is 5.42. The molecule has 2 aromatic carbocycles. The Kier molecular flexibility index (Phi) is 7.59. The van der Waals surface area contributed by atoms with Gasteiger partial charge >= 0.3 is 5.97 Å². The number of nitrogens with zero attached hydrogens (tertiary/aromatic N) is 1. The van der Waals surface area contributed by atoms with Gasteiger partial charge in [-0.1, -0.05) is 41.9 Å². The summed E-state index contributed by atoms with van der Waals surface area (Å²) in [4.78, 5) is 28.5. The quantitative estimate of drug-likeness (QED) is 0.492. The normalized spacial score (nSPS) is 21.5. The van der Waals surface area contributed by atoms with E-state index in [4.69, 9.17) is 25.8 Å². The molecule has 3 atom stereocenters. The highest BCUT2D eigenvalue weighted by molar-refractivity contribution is 6.30. The highest BCUT2D eigenvalue weighted by Crippen LogP contribution is 2.39. The zero-order chi connectivity index (χ0) is 24.2. The maximum atomic E-state index is 13.6. The second-order valence-electron chi connectivity index (χ2n) is 8.74. The van der Waals surface area contributed by atoms with Crippen molar-refractivity contribution < 1.29 is 23.8 Å². The van der Waals surface area contributed by atoms with Crippen LogP contribution >= 0.6 is 11.6 Å². The highest BCUT2D eigenvalue weighted by atomic mass is 35.5. The number of benzene rings is 2. The second kappa shape index (κ2) is 10.6. The molecule has 0 bridgehead atoms. The summed E-state index contributed by atoms with van der Waals surface area (Å²) in [6.07, 6.45) is 1.52. The average Bonchev–Trinajstić information content (AvgIpc) is 3.35. The molecule has 1 fully saturated rings. The number of hydrogen-bond acceptors (Lipinski definition) is 5. The van der Waals surface area contributed by atoms with E-state index in [1.54, 1.807) is 24.1 Å². The van der Waals surface area contributed by atoms with Gasteiger partial charge in [-0.3, -0.25) is 4.79 Å². The molecule has 2 aliphatic heterocycles. The summed E-state index contributed by atoms with van der Waals surface area (Å²) in [5, 5.41) is 0.598. The van der Waals surface area contributed by atoms with Crippen LogP contribution in [0.2, 0.25) is 5.02 Å². The van der Waals surface area contributed by atoms with Gasteiger partial charge < -0.3 is 19.1 Å². The Labute approximate surface area is 205 Å². The van der Waals surface area contributed by atoms with Crippen molar-refractivity contribution in [2.75, 3.05) is 20.3 Å². The van der Waals surface area contributed by atoms with E-state index in [0.717, 1.165) is 24.0 Å². The summed E-state index contributed by atoms with van der Waals surface area (Å²) >= 11 is 6.09. The van der Waals surface area contributed by atoms with Gasteiger partial charge in [0.25, 0.3) is 0 Å². The summed E-state index contributed by atoms with van der Waals surface area (Å²) in [6, 6.07) is 14.7. The van der Waals surface area contributed by atoms with Gasteiger partial charge in [-0.2, -0.15) is 0 Å². The fourth-order valence-corrected chi connectivity index (χ4v) is 4.89. The average molecular weight is 484 g/mol. The first-order valence-electron chi connectivity index (χ1n) is 11.6. The van der Waals surface area contributed by atoms with E-state index < -0.39 is 18.0 Å². The smallest absolute Gasteiger partial charge is 0.337 e. The molecule has 4 rings (SSSR count). The number of carbonyl (C=O) groups is 2. The van der Waals surface area contributed by atoms with Crippen LogP contribution in [-0.2, 0) is 19.1 Å². The molecule has 0 unspecified atom stereocenters. The van der Waals surface area contributed by atoms with Crippen LogP contribution in [0.4, 0.5) is 0 Å². The minimum absolute atomic E-state index is 0.0178. The third kappa shape index (κ3) is 5.13. The van der Waals surface area contributed by atoms with Crippen LogP contribution in [0.15, 0.2) is 59.8 Å². The van der Waals surface area contributed by atoms with Gasteiger partial charge in [-0.15, -0.1) is 0 Å². The number of methoxy groups -OCH3 is 1. The molecule has 0 N–H and O–H groups in total. The number of carbonyl (C=O) groups excluding carboxylic acids is 2. The summed E-state index contributed by atoms with van der Waals surface area (Å²) in [5.74, 6) is -0.229. The Morgan fingerprint density at radius 1 is 1.21 bits per heavy atom. The lowest BCUT2D eigenvalue weighted by molar-refractivity contribution is -0.145. The number of esters is 1. The molecule has 0 saturated carbocycles. The molecule has 0 radical (unpaired) electrons. The van der Waals surface area contributed by atoms with Gasteiger partial charge in [0.05, 0.1) is 25.3 Å². The van der Waals surface area contributed by atoms with Gasteiger partial charge in [0.1, 0.15) is 11.9 Å². The van der Waals surface area contributed by atoms with Crippen LogP contribution in [0.5, 0.6) is 5.75 Å². The number of halogens is 1. The van der Waals surface area contributed by atoms with Crippen LogP contribution in [0, 0.1) is 0 Å². The van der Waals surface area contributed by atoms with Gasteiger partial charge in [-0.05, 0) is 50.5 Å². The first kappa shape index (κ1) is 24.3. The highest BCUT2D eigenvalue weighted by Gasteiger charge is 2.38. The van der Waals surface area contributed by atoms with Crippen molar-refractivity contribution in [3.8, 4) is 5.75 Å². The molecule has 34 heavy (non-hydrogen) atoms. The topological polar surface area (TPSA) is 65.1 Å². The van der Waals surface area contributed by atoms with Gasteiger partial charge in [0.15, 0.2) is 0 Å².